The Morgan fingerprint density at radius 2 is 1.97 bits per heavy atom. The van der Waals surface area contributed by atoms with Crippen molar-refractivity contribution in [3.05, 3.63) is 70.7 Å². The molecule has 1 aliphatic heterocycles. The van der Waals surface area contributed by atoms with Crippen LogP contribution in [0, 0.1) is 0 Å². The van der Waals surface area contributed by atoms with E-state index in [4.69, 9.17) is 4.42 Å². The molecule has 0 bridgehead atoms. The van der Waals surface area contributed by atoms with Gasteiger partial charge in [0.05, 0.1) is 18.1 Å². The number of hydrogen-bond donors (Lipinski definition) is 0. The van der Waals surface area contributed by atoms with E-state index in [2.05, 4.69) is 25.7 Å². The van der Waals surface area contributed by atoms with Gasteiger partial charge in [-0.2, -0.15) is 5.10 Å². The van der Waals surface area contributed by atoms with Gasteiger partial charge in [0.15, 0.2) is 0 Å². The molecule has 6 rings (SSSR count). The summed E-state index contributed by atoms with van der Waals surface area (Å²) in [5.74, 6) is 0.655. The third-order valence-electron chi connectivity index (χ3n) is 6.59. The number of fused-ring (bicyclic) bond motifs is 2. The first-order valence-electron chi connectivity index (χ1n) is 11.3. The van der Waals surface area contributed by atoms with Crippen LogP contribution in [-0.2, 0) is 13.0 Å². The summed E-state index contributed by atoms with van der Waals surface area (Å²) in [4.78, 5) is 19.9. The van der Waals surface area contributed by atoms with Crippen LogP contribution < -0.4 is 5.56 Å². The average Bonchev–Trinajstić information content (AvgIpc) is 3.58. The number of aromatic nitrogens is 4. The molecule has 0 radical (unpaired) electrons. The molecule has 1 saturated heterocycles. The van der Waals surface area contributed by atoms with E-state index in [1.165, 1.54) is 31.6 Å². The van der Waals surface area contributed by atoms with Gasteiger partial charge in [-0.25, -0.2) is 0 Å². The van der Waals surface area contributed by atoms with Crippen molar-refractivity contribution in [2.75, 3.05) is 19.6 Å². The molecule has 5 heterocycles. The molecule has 32 heavy (non-hydrogen) atoms. The Bertz CT molecular complexity index is 1360. The fourth-order valence-corrected chi connectivity index (χ4v) is 4.85. The van der Waals surface area contributed by atoms with Gasteiger partial charge in [-0.15, -0.1) is 0 Å². The molecular weight excluding hydrogens is 402 g/mol. The Kier molecular flexibility index (Phi) is 4.76. The standard InChI is InChI=1S/C25H25N5O2/c31-25-21-15-24(18-4-3-8-26-16-18)32-23(21)7-11-29(25)20-5-6-22-19(14-20)17-27-30(22)13-12-28-9-1-2-10-28/h3-4,7-8,11,14-17H,1-2,5-6,9-10,12-13H2. The molecule has 0 N–H and O–H groups in total. The van der Waals surface area contributed by atoms with Gasteiger partial charge in [-0.05, 0) is 69.1 Å². The zero-order valence-corrected chi connectivity index (χ0v) is 17.9. The van der Waals surface area contributed by atoms with Gasteiger partial charge in [-0.1, -0.05) is 0 Å². The molecule has 0 unspecified atom stereocenters. The predicted octanol–water partition coefficient (Wildman–Crippen LogP) is 3.89. The molecule has 0 amide bonds. The summed E-state index contributed by atoms with van der Waals surface area (Å²) in [5.41, 5.74) is 4.77. The van der Waals surface area contributed by atoms with Gasteiger partial charge in [0, 0.05) is 47.7 Å². The van der Waals surface area contributed by atoms with Gasteiger partial charge in [0.1, 0.15) is 11.3 Å². The van der Waals surface area contributed by atoms with E-state index in [1.54, 1.807) is 17.0 Å². The van der Waals surface area contributed by atoms with Crippen LogP contribution in [0.1, 0.15) is 30.5 Å². The minimum Gasteiger partial charge on any atom is -0.456 e. The number of nitrogens with zero attached hydrogens (tertiary/aromatic N) is 5. The lowest BCUT2D eigenvalue weighted by atomic mass is 10.0. The number of allylic oxidation sites excluding steroid dienone is 1. The van der Waals surface area contributed by atoms with Crippen LogP contribution in [0.25, 0.3) is 34.1 Å². The minimum absolute atomic E-state index is 0.0579. The molecule has 162 valence electrons. The Balaban J connectivity index is 1.29. The molecule has 0 aromatic carbocycles. The van der Waals surface area contributed by atoms with E-state index >= 15 is 0 Å². The maximum Gasteiger partial charge on any atom is 0.266 e. The van der Waals surface area contributed by atoms with Crippen LogP contribution in [0.2, 0.25) is 0 Å². The van der Waals surface area contributed by atoms with E-state index < -0.39 is 0 Å². The second kappa shape index (κ2) is 7.91. The number of hydrogen-bond acceptors (Lipinski definition) is 5. The topological polar surface area (TPSA) is 69.1 Å². The van der Waals surface area contributed by atoms with Gasteiger partial charge >= 0.3 is 0 Å². The highest BCUT2D eigenvalue weighted by atomic mass is 16.3. The quantitative estimate of drug-likeness (QED) is 0.483. The number of likely N-dealkylation sites (tertiary alicyclic amines) is 1. The molecule has 0 saturated carbocycles. The third kappa shape index (κ3) is 3.39. The molecule has 7 heteroatoms. The van der Waals surface area contributed by atoms with Gasteiger partial charge in [-0.3, -0.25) is 19.0 Å². The van der Waals surface area contributed by atoms with Gasteiger partial charge < -0.3 is 9.32 Å². The van der Waals surface area contributed by atoms with Crippen molar-refractivity contribution in [1.29, 1.82) is 0 Å². The molecular formula is C25H25N5O2. The van der Waals surface area contributed by atoms with Crippen molar-refractivity contribution in [2.24, 2.45) is 0 Å². The number of pyridine rings is 2. The van der Waals surface area contributed by atoms with Crippen molar-refractivity contribution < 1.29 is 4.42 Å². The zero-order valence-electron chi connectivity index (χ0n) is 17.9. The lowest BCUT2D eigenvalue weighted by Crippen LogP contribution is -2.25. The van der Waals surface area contributed by atoms with E-state index in [0.29, 0.717) is 16.7 Å². The van der Waals surface area contributed by atoms with Crippen LogP contribution in [0.4, 0.5) is 0 Å². The molecule has 1 aliphatic carbocycles. The lowest BCUT2D eigenvalue weighted by molar-refractivity contribution is 0.313. The number of rotatable bonds is 5. The Morgan fingerprint density at radius 3 is 2.81 bits per heavy atom. The van der Waals surface area contributed by atoms with Crippen LogP contribution in [0.5, 0.6) is 0 Å². The third-order valence-corrected chi connectivity index (χ3v) is 6.59. The van der Waals surface area contributed by atoms with Crippen molar-refractivity contribution in [2.45, 2.75) is 32.2 Å². The van der Waals surface area contributed by atoms with Crippen LogP contribution in [0.3, 0.4) is 0 Å². The zero-order chi connectivity index (χ0) is 21.5. The molecule has 7 nitrogen and oxygen atoms in total. The van der Waals surface area contributed by atoms with Crippen molar-refractivity contribution in [1.82, 2.24) is 24.2 Å². The average molecular weight is 428 g/mol. The smallest absolute Gasteiger partial charge is 0.266 e. The lowest BCUT2D eigenvalue weighted by Gasteiger charge is -2.19. The highest BCUT2D eigenvalue weighted by molar-refractivity contribution is 5.83. The summed E-state index contributed by atoms with van der Waals surface area (Å²) < 4.78 is 9.80. The van der Waals surface area contributed by atoms with Crippen LogP contribution >= 0.6 is 0 Å². The summed E-state index contributed by atoms with van der Waals surface area (Å²) in [7, 11) is 0. The SMILES string of the molecule is O=c1c2cc(-c3cccnc3)oc2ccn1C1=Cc2cnn(CCN3CCCC3)c2CC1. The maximum atomic E-state index is 13.3. The molecule has 0 atom stereocenters. The summed E-state index contributed by atoms with van der Waals surface area (Å²) in [6.45, 7) is 4.39. The first kappa shape index (κ1) is 19.3. The first-order valence-corrected chi connectivity index (χ1v) is 11.3. The van der Waals surface area contributed by atoms with E-state index in [9.17, 15) is 4.79 Å². The molecule has 2 aliphatic rings. The summed E-state index contributed by atoms with van der Waals surface area (Å²) in [5, 5.41) is 5.22. The monoisotopic (exact) mass is 427 g/mol. The van der Waals surface area contributed by atoms with Gasteiger partial charge in [0.25, 0.3) is 5.56 Å². The second-order valence-electron chi connectivity index (χ2n) is 8.58. The highest BCUT2D eigenvalue weighted by Crippen LogP contribution is 2.29. The summed E-state index contributed by atoms with van der Waals surface area (Å²) in [6.07, 6.45) is 13.6. The fourth-order valence-electron chi connectivity index (χ4n) is 4.85. The largest absolute Gasteiger partial charge is 0.456 e. The van der Waals surface area contributed by atoms with Crippen molar-refractivity contribution in [3.8, 4) is 11.3 Å². The van der Waals surface area contributed by atoms with Crippen molar-refractivity contribution in [3.63, 3.8) is 0 Å². The molecule has 1 fully saturated rings. The van der Waals surface area contributed by atoms with Crippen molar-refractivity contribution >= 4 is 22.7 Å². The number of furan rings is 1. The Morgan fingerprint density at radius 1 is 1.06 bits per heavy atom. The van der Waals surface area contributed by atoms with Crippen LogP contribution in [0.15, 0.2) is 58.3 Å². The highest BCUT2D eigenvalue weighted by Gasteiger charge is 2.20. The Hall–Kier alpha value is -3.45. The Labute approximate surface area is 185 Å². The normalized spacial score (nSPS) is 16.4. The van der Waals surface area contributed by atoms with Gasteiger partial charge in [0.2, 0.25) is 0 Å². The molecule has 4 aromatic rings. The van der Waals surface area contributed by atoms with Crippen LogP contribution in [-0.4, -0.2) is 43.9 Å². The summed E-state index contributed by atoms with van der Waals surface area (Å²) >= 11 is 0. The maximum absolute atomic E-state index is 13.3. The predicted molar refractivity (Wildman–Crippen MR) is 124 cm³/mol. The molecule has 4 aromatic heterocycles. The first-order chi connectivity index (χ1) is 15.8. The summed E-state index contributed by atoms with van der Waals surface area (Å²) in [6, 6.07) is 7.47. The minimum atomic E-state index is -0.0579. The van der Waals surface area contributed by atoms with E-state index in [1.807, 2.05) is 36.7 Å². The molecule has 0 spiro atoms. The second-order valence-corrected chi connectivity index (χ2v) is 8.58. The van der Waals surface area contributed by atoms with E-state index in [0.717, 1.165) is 42.8 Å². The van der Waals surface area contributed by atoms with E-state index in [-0.39, 0.29) is 5.56 Å². The fraction of sp³-hybridized carbons (Fsp3) is 0.320.